The Labute approximate surface area is 97.3 Å². The van der Waals surface area contributed by atoms with Crippen molar-refractivity contribution in [2.45, 2.75) is 6.18 Å². The van der Waals surface area contributed by atoms with E-state index in [4.69, 9.17) is 0 Å². The van der Waals surface area contributed by atoms with E-state index >= 15 is 0 Å². The van der Waals surface area contributed by atoms with Crippen molar-refractivity contribution in [2.75, 3.05) is 14.1 Å². The van der Waals surface area contributed by atoms with Crippen LogP contribution in [-0.4, -0.2) is 25.3 Å². The number of allylic oxidation sites excluding steroid dienone is 1. The fourth-order valence-corrected chi connectivity index (χ4v) is 1.30. The molecule has 0 aliphatic carbocycles. The van der Waals surface area contributed by atoms with E-state index in [-0.39, 0.29) is 0 Å². The Hall–Kier alpha value is -1.78. The van der Waals surface area contributed by atoms with Gasteiger partial charge in [0.05, 0.1) is 5.56 Å². The molecule has 0 amide bonds. The lowest BCUT2D eigenvalue weighted by Gasteiger charge is -2.09. The minimum absolute atomic E-state index is 0.337. The maximum absolute atomic E-state index is 12.3. The molecule has 0 atom stereocenters. The van der Waals surface area contributed by atoms with Crippen LogP contribution in [0.1, 0.15) is 11.1 Å². The van der Waals surface area contributed by atoms with Crippen LogP contribution in [0.25, 0.3) is 5.57 Å². The van der Waals surface area contributed by atoms with E-state index < -0.39 is 11.7 Å². The predicted octanol–water partition coefficient (Wildman–Crippen LogP) is 2.81. The van der Waals surface area contributed by atoms with Gasteiger partial charge < -0.3 is 4.90 Å². The first-order chi connectivity index (χ1) is 7.84. The SMILES string of the molecule is CN(C)/C=C(\C=O)c1ccc(C(F)(F)F)cc1. The molecule has 0 aromatic heterocycles. The molecular weight excluding hydrogens is 231 g/mol. The van der Waals surface area contributed by atoms with E-state index in [2.05, 4.69) is 0 Å². The number of rotatable bonds is 3. The first-order valence-electron chi connectivity index (χ1n) is 4.85. The van der Waals surface area contributed by atoms with Gasteiger partial charge in [-0.05, 0) is 17.7 Å². The standard InChI is InChI=1S/C12H12F3NO/c1-16(2)7-10(8-17)9-3-5-11(6-4-9)12(13,14)15/h3-8H,1-2H3/b10-7+. The number of hydrogen-bond acceptors (Lipinski definition) is 2. The second kappa shape index (κ2) is 5.03. The third-order valence-corrected chi connectivity index (χ3v) is 2.07. The molecule has 0 fully saturated rings. The fraction of sp³-hybridized carbons (Fsp3) is 0.250. The first-order valence-corrected chi connectivity index (χ1v) is 4.85. The molecule has 0 aliphatic rings. The molecule has 1 aromatic carbocycles. The minimum atomic E-state index is -4.36. The van der Waals surface area contributed by atoms with E-state index in [9.17, 15) is 18.0 Å². The monoisotopic (exact) mass is 243 g/mol. The van der Waals surface area contributed by atoms with E-state index in [1.165, 1.54) is 12.1 Å². The lowest BCUT2D eigenvalue weighted by atomic mass is 10.1. The van der Waals surface area contributed by atoms with Gasteiger partial charge in [0, 0.05) is 25.9 Å². The van der Waals surface area contributed by atoms with Gasteiger partial charge in [-0.25, -0.2) is 0 Å². The number of benzene rings is 1. The van der Waals surface area contributed by atoms with Crippen LogP contribution >= 0.6 is 0 Å². The summed E-state index contributed by atoms with van der Waals surface area (Å²) in [6.45, 7) is 0. The van der Waals surface area contributed by atoms with Crippen LogP contribution in [0, 0.1) is 0 Å². The Bertz CT molecular complexity index is 418. The van der Waals surface area contributed by atoms with E-state index in [1.54, 1.807) is 25.2 Å². The number of hydrogen-bond donors (Lipinski definition) is 0. The van der Waals surface area contributed by atoms with Crippen molar-refractivity contribution in [3.05, 3.63) is 41.6 Å². The summed E-state index contributed by atoms with van der Waals surface area (Å²) in [7, 11) is 3.46. The van der Waals surface area contributed by atoms with Crippen molar-refractivity contribution in [3.63, 3.8) is 0 Å². The number of nitrogens with zero attached hydrogens (tertiary/aromatic N) is 1. The molecule has 0 saturated heterocycles. The molecule has 0 aliphatic heterocycles. The van der Waals surface area contributed by atoms with Gasteiger partial charge >= 0.3 is 6.18 Å². The van der Waals surface area contributed by atoms with Crippen molar-refractivity contribution in [1.29, 1.82) is 0 Å². The molecule has 92 valence electrons. The third-order valence-electron chi connectivity index (χ3n) is 2.07. The number of carbonyl (C=O) groups is 1. The molecule has 0 unspecified atom stereocenters. The van der Waals surface area contributed by atoms with Crippen LogP contribution in [0.5, 0.6) is 0 Å². The highest BCUT2D eigenvalue weighted by molar-refractivity contribution is 6.06. The number of carbonyl (C=O) groups excluding carboxylic acids is 1. The molecule has 0 saturated carbocycles. The Morgan fingerprint density at radius 1 is 1.18 bits per heavy atom. The molecular formula is C12H12F3NO. The lowest BCUT2D eigenvalue weighted by Crippen LogP contribution is -2.05. The average Bonchev–Trinajstić information content (AvgIpc) is 2.24. The summed E-state index contributed by atoms with van der Waals surface area (Å²) < 4.78 is 37.0. The smallest absolute Gasteiger partial charge is 0.383 e. The molecule has 1 aromatic rings. The van der Waals surface area contributed by atoms with Crippen molar-refractivity contribution >= 4 is 11.9 Å². The molecule has 1 rings (SSSR count). The molecule has 0 radical (unpaired) electrons. The highest BCUT2D eigenvalue weighted by Crippen LogP contribution is 2.29. The van der Waals surface area contributed by atoms with Gasteiger partial charge in [-0.15, -0.1) is 0 Å². The lowest BCUT2D eigenvalue weighted by molar-refractivity contribution is -0.137. The Morgan fingerprint density at radius 2 is 1.71 bits per heavy atom. The molecule has 17 heavy (non-hydrogen) atoms. The van der Waals surface area contributed by atoms with Crippen molar-refractivity contribution in [3.8, 4) is 0 Å². The van der Waals surface area contributed by atoms with Gasteiger partial charge in [-0.1, -0.05) is 12.1 Å². The van der Waals surface area contributed by atoms with E-state index in [0.717, 1.165) is 12.1 Å². The third kappa shape index (κ3) is 3.62. The number of halogens is 3. The maximum Gasteiger partial charge on any atom is 0.416 e. The van der Waals surface area contributed by atoms with Gasteiger partial charge in [-0.2, -0.15) is 13.2 Å². The second-order valence-electron chi connectivity index (χ2n) is 3.74. The maximum atomic E-state index is 12.3. The fourth-order valence-electron chi connectivity index (χ4n) is 1.30. The largest absolute Gasteiger partial charge is 0.416 e. The second-order valence-corrected chi connectivity index (χ2v) is 3.74. The summed E-state index contributed by atoms with van der Waals surface area (Å²) in [6, 6.07) is 4.49. The van der Waals surface area contributed by atoms with Crippen LogP contribution in [0.2, 0.25) is 0 Å². The average molecular weight is 243 g/mol. The number of aldehydes is 1. The summed E-state index contributed by atoms with van der Waals surface area (Å²) in [6.07, 6.45) is -2.19. The van der Waals surface area contributed by atoms with Crippen LogP contribution in [-0.2, 0) is 11.0 Å². The highest BCUT2D eigenvalue weighted by Gasteiger charge is 2.29. The zero-order valence-electron chi connectivity index (χ0n) is 9.45. The van der Waals surface area contributed by atoms with Gasteiger partial charge in [0.2, 0.25) is 0 Å². The summed E-state index contributed by atoms with van der Waals surface area (Å²) in [4.78, 5) is 12.5. The van der Waals surface area contributed by atoms with Gasteiger partial charge in [0.25, 0.3) is 0 Å². The van der Waals surface area contributed by atoms with Crippen LogP contribution < -0.4 is 0 Å². The molecule has 5 heteroatoms. The zero-order valence-corrected chi connectivity index (χ0v) is 9.45. The minimum Gasteiger partial charge on any atom is -0.383 e. The molecule has 0 heterocycles. The van der Waals surface area contributed by atoms with Crippen LogP contribution in [0.15, 0.2) is 30.5 Å². The van der Waals surface area contributed by atoms with Crippen LogP contribution in [0.3, 0.4) is 0 Å². The van der Waals surface area contributed by atoms with E-state index in [0.29, 0.717) is 17.4 Å². The quantitative estimate of drug-likeness (QED) is 0.601. The topological polar surface area (TPSA) is 20.3 Å². The highest BCUT2D eigenvalue weighted by atomic mass is 19.4. The Kier molecular flexibility index (Phi) is 3.93. The van der Waals surface area contributed by atoms with Gasteiger partial charge in [0.1, 0.15) is 0 Å². The molecule has 0 spiro atoms. The van der Waals surface area contributed by atoms with Gasteiger partial charge in [0.15, 0.2) is 6.29 Å². The van der Waals surface area contributed by atoms with Crippen molar-refractivity contribution < 1.29 is 18.0 Å². The molecule has 0 bridgehead atoms. The van der Waals surface area contributed by atoms with Crippen LogP contribution in [0.4, 0.5) is 13.2 Å². The predicted molar refractivity (Wildman–Crippen MR) is 59.2 cm³/mol. The van der Waals surface area contributed by atoms with Gasteiger partial charge in [-0.3, -0.25) is 4.79 Å². The van der Waals surface area contributed by atoms with E-state index in [1.807, 2.05) is 0 Å². The summed E-state index contributed by atoms with van der Waals surface area (Å²) in [5.74, 6) is 0. The summed E-state index contributed by atoms with van der Waals surface area (Å²) in [5, 5.41) is 0. The van der Waals surface area contributed by atoms with Crippen molar-refractivity contribution in [2.24, 2.45) is 0 Å². The molecule has 2 nitrogen and oxygen atoms in total. The Morgan fingerprint density at radius 3 is 2.06 bits per heavy atom. The molecule has 0 N–H and O–H groups in total. The van der Waals surface area contributed by atoms with Crippen molar-refractivity contribution in [1.82, 2.24) is 4.90 Å². The summed E-state index contributed by atoms with van der Waals surface area (Å²) >= 11 is 0. The normalized spacial score (nSPS) is 12.4. The summed E-state index contributed by atoms with van der Waals surface area (Å²) in [5.41, 5.74) is 0.0711. The Balaban J connectivity index is 3.06. The number of alkyl halides is 3. The zero-order chi connectivity index (χ0) is 13.1. The first kappa shape index (κ1) is 13.3.